The van der Waals surface area contributed by atoms with Gasteiger partial charge in [0.15, 0.2) is 6.10 Å². The molecule has 0 radical (unpaired) electrons. The number of allylic oxidation sites excluding steroid dienone is 22. The summed E-state index contributed by atoms with van der Waals surface area (Å²) in [5.74, 6) is -0.906. The number of hydrogen-bond donors (Lipinski definition) is 0. The molecule has 0 N–H and O–H groups in total. The predicted molar refractivity (Wildman–Crippen MR) is 348 cm³/mol. The Morgan fingerprint density at radius 1 is 0.263 bits per heavy atom. The number of hydrogen-bond acceptors (Lipinski definition) is 6. The van der Waals surface area contributed by atoms with Gasteiger partial charge >= 0.3 is 17.9 Å². The van der Waals surface area contributed by atoms with E-state index in [0.29, 0.717) is 19.3 Å². The molecule has 0 aliphatic heterocycles. The summed E-state index contributed by atoms with van der Waals surface area (Å²) in [7, 11) is 0. The van der Waals surface area contributed by atoms with Crippen molar-refractivity contribution in [1.29, 1.82) is 0 Å². The molecular weight excluding hydrogens is 985 g/mol. The SMILES string of the molecule is CC/C=C\C/C=C\C/C=C\C/C=C\C/C=C\C/C=C\CCCCCCCCCCCCCCCCC(=O)OCC(COC(=O)CCCCCCCCCC)OC(=O)CCCCCCC/C=C\C/C=C\C/C=C\C/C=C\C/C=C\CC. The molecule has 0 aromatic rings. The first kappa shape index (κ1) is 75.5. The number of carbonyl (C=O) groups excluding carboxylic acids is 3. The second-order valence-electron chi connectivity index (χ2n) is 21.6. The third-order valence-corrected chi connectivity index (χ3v) is 13.9. The molecule has 6 heteroatoms. The molecule has 80 heavy (non-hydrogen) atoms. The number of ether oxygens (including phenoxy) is 3. The minimum absolute atomic E-state index is 0.0863. The topological polar surface area (TPSA) is 78.9 Å². The van der Waals surface area contributed by atoms with Crippen molar-refractivity contribution < 1.29 is 28.6 Å². The number of esters is 3. The molecule has 0 heterocycles. The molecule has 0 aromatic heterocycles. The summed E-state index contributed by atoms with van der Waals surface area (Å²) in [5.41, 5.74) is 0. The van der Waals surface area contributed by atoms with Gasteiger partial charge in [-0.2, -0.15) is 0 Å². The highest BCUT2D eigenvalue weighted by atomic mass is 16.6. The van der Waals surface area contributed by atoms with Gasteiger partial charge in [0.2, 0.25) is 0 Å². The third kappa shape index (κ3) is 64.4. The molecular formula is C74H122O6. The average Bonchev–Trinajstić information content (AvgIpc) is 3.46. The van der Waals surface area contributed by atoms with Crippen molar-refractivity contribution in [2.24, 2.45) is 0 Å². The van der Waals surface area contributed by atoms with Crippen molar-refractivity contribution in [3.63, 3.8) is 0 Å². The van der Waals surface area contributed by atoms with Gasteiger partial charge in [-0.05, 0) is 116 Å². The summed E-state index contributed by atoms with van der Waals surface area (Å²) >= 11 is 0. The van der Waals surface area contributed by atoms with E-state index in [4.69, 9.17) is 14.2 Å². The Morgan fingerprint density at radius 2 is 0.487 bits per heavy atom. The highest BCUT2D eigenvalue weighted by Gasteiger charge is 2.19. The van der Waals surface area contributed by atoms with E-state index >= 15 is 0 Å². The van der Waals surface area contributed by atoms with Crippen molar-refractivity contribution >= 4 is 17.9 Å². The van der Waals surface area contributed by atoms with E-state index in [1.165, 1.54) is 109 Å². The average molecular weight is 1110 g/mol. The van der Waals surface area contributed by atoms with Crippen molar-refractivity contribution in [2.75, 3.05) is 13.2 Å². The highest BCUT2D eigenvalue weighted by Crippen LogP contribution is 2.16. The van der Waals surface area contributed by atoms with Crippen LogP contribution >= 0.6 is 0 Å². The summed E-state index contributed by atoms with van der Waals surface area (Å²) in [4.78, 5) is 38.2. The van der Waals surface area contributed by atoms with Gasteiger partial charge < -0.3 is 14.2 Å². The minimum atomic E-state index is -0.790. The maximum Gasteiger partial charge on any atom is 0.306 e. The fraction of sp³-hybridized carbons (Fsp3) is 0.662. The molecule has 0 saturated heterocycles. The molecule has 0 rings (SSSR count). The summed E-state index contributed by atoms with van der Waals surface area (Å²) in [6, 6.07) is 0. The largest absolute Gasteiger partial charge is 0.462 e. The normalized spacial score (nSPS) is 13.0. The first-order chi connectivity index (χ1) is 39.5. The van der Waals surface area contributed by atoms with Crippen molar-refractivity contribution in [2.45, 2.75) is 303 Å². The Kier molecular flexibility index (Phi) is 63.3. The van der Waals surface area contributed by atoms with Crippen LogP contribution < -0.4 is 0 Å². The Balaban J connectivity index is 4.15. The molecule has 0 saturated carbocycles. The summed E-state index contributed by atoms with van der Waals surface area (Å²) in [5, 5.41) is 0. The number of unbranched alkanes of at least 4 members (excludes halogenated alkanes) is 26. The van der Waals surface area contributed by atoms with Crippen LogP contribution in [0.3, 0.4) is 0 Å². The third-order valence-electron chi connectivity index (χ3n) is 13.9. The van der Waals surface area contributed by atoms with E-state index in [-0.39, 0.29) is 31.1 Å². The summed E-state index contributed by atoms with van der Waals surface area (Å²) in [6.45, 7) is 6.38. The van der Waals surface area contributed by atoms with Gasteiger partial charge in [-0.25, -0.2) is 0 Å². The van der Waals surface area contributed by atoms with Crippen molar-refractivity contribution in [1.82, 2.24) is 0 Å². The zero-order valence-electron chi connectivity index (χ0n) is 52.0. The standard InChI is InChI=1S/C74H122O6/c1-4-7-10-13-16-19-21-23-25-27-29-31-32-33-34-35-36-37-38-39-40-41-42-44-45-47-49-51-53-55-58-61-64-67-73(76)79-70-71(69-78-72(75)66-63-60-57-18-15-12-9-6-3)80-74(77)68-65-62-59-56-54-52-50-48-46-43-30-28-26-24-22-20-17-14-11-8-5-2/h7-8,10-11,16-17,19-20,23-26,29-31,33-34,36-37,43,48,50,71H,4-6,9,12-15,18,21-22,27-28,32,35,38-42,44-47,49,51-70H2,1-3H3/b10-7-,11-8-,19-16-,20-17-,25-23-,26-24-,31-29-,34-33-,37-36-,43-30-,50-48-. The molecule has 0 aliphatic carbocycles. The molecule has 454 valence electrons. The second-order valence-corrected chi connectivity index (χ2v) is 21.6. The molecule has 0 spiro atoms. The van der Waals surface area contributed by atoms with Gasteiger partial charge in [-0.1, -0.05) is 296 Å². The molecule has 0 aromatic carbocycles. The Bertz CT molecular complexity index is 1700. The lowest BCUT2D eigenvalue weighted by Gasteiger charge is -2.18. The lowest BCUT2D eigenvalue weighted by molar-refractivity contribution is -0.167. The molecule has 1 atom stereocenters. The van der Waals surface area contributed by atoms with Crippen LogP contribution in [0, 0.1) is 0 Å². The Labute approximate surface area is 494 Å². The van der Waals surface area contributed by atoms with Crippen molar-refractivity contribution in [3.8, 4) is 0 Å². The number of carbonyl (C=O) groups is 3. The van der Waals surface area contributed by atoms with E-state index in [2.05, 4.69) is 154 Å². The molecule has 1 unspecified atom stereocenters. The first-order valence-corrected chi connectivity index (χ1v) is 33.2. The zero-order chi connectivity index (χ0) is 57.8. The summed E-state index contributed by atoms with van der Waals surface area (Å²) in [6.07, 6.45) is 94.8. The van der Waals surface area contributed by atoms with Gasteiger partial charge in [-0.15, -0.1) is 0 Å². The van der Waals surface area contributed by atoms with Crippen molar-refractivity contribution in [3.05, 3.63) is 134 Å². The van der Waals surface area contributed by atoms with Crippen LogP contribution in [0.15, 0.2) is 134 Å². The highest BCUT2D eigenvalue weighted by molar-refractivity contribution is 5.71. The van der Waals surface area contributed by atoms with Gasteiger partial charge in [0, 0.05) is 19.3 Å². The maximum absolute atomic E-state index is 12.9. The minimum Gasteiger partial charge on any atom is -0.462 e. The lowest BCUT2D eigenvalue weighted by atomic mass is 10.0. The van der Waals surface area contributed by atoms with Gasteiger partial charge in [0.05, 0.1) is 0 Å². The molecule has 0 fully saturated rings. The van der Waals surface area contributed by atoms with E-state index < -0.39 is 6.10 Å². The van der Waals surface area contributed by atoms with Crippen LogP contribution in [0.2, 0.25) is 0 Å². The van der Waals surface area contributed by atoms with E-state index in [1.807, 2.05) is 0 Å². The van der Waals surface area contributed by atoms with Crippen LogP contribution in [0.5, 0.6) is 0 Å². The second kappa shape index (κ2) is 67.1. The zero-order valence-corrected chi connectivity index (χ0v) is 52.0. The first-order valence-electron chi connectivity index (χ1n) is 33.2. The fourth-order valence-electron chi connectivity index (χ4n) is 9.00. The van der Waals surface area contributed by atoms with E-state index in [1.54, 1.807) is 0 Å². The molecule has 0 aliphatic rings. The quantitative estimate of drug-likeness (QED) is 0.0261. The number of rotatable bonds is 59. The summed E-state index contributed by atoms with van der Waals surface area (Å²) < 4.78 is 16.9. The van der Waals surface area contributed by atoms with Crippen LogP contribution in [0.25, 0.3) is 0 Å². The molecule has 6 nitrogen and oxygen atoms in total. The lowest BCUT2D eigenvalue weighted by Crippen LogP contribution is -2.30. The Hall–Kier alpha value is -4.45. The van der Waals surface area contributed by atoms with Crippen LogP contribution in [-0.4, -0.2) is 37.2 Å². The smallest absolute Gasteiger partial charge is 0.306 e. The van der Waals surface area contributed by atoms with Gasteiger partial charge in [-0.3, -0.25) is 14.4 Å². The maximum atomic E-state index is 12.9. The monoisotopic (exact) mass is 1110 g/mol. The fourth-order valence-corrected chi connectivity index (χ4v) is 9.00. The van der Waals surface area contributed by atoms with E-state index in [0.717, 1.165) is 148 Å². The predicted octanol–water partition coefficient (Wildman–Crippen LogP) is 22.9. The van der Waals surface area contributed by atoms with Gasteiger partial charge in [0.1, 0.15) is 13.2 Å². The van der Waals surface area contributed by atoms with Crippen LogP contribution in [0.4, 0.5) is 0 Å². The molecule has 0 bridgehead atoms. The van der Waals surface area contributed by atoms with E-state index in [9.17, 15) is 14.4 Å². The molecule has 0 amide bonds. The van der Waals surface area contributed by atoms with Crippen LogP contribution in [-0.2, 0) is 28.6 Å². The van der Waals surface area contributed by atoms with Gasteiger partial charge in [0.25, 0.3) is 0 Å². The Morgan fingerprint density at radius 3 is 0.762 bits per heavy atom. The van der Waals surface area contributed by atoms with Crippen LogP contribution in [0.1, 0.15) is 297 Å².